The maximum absolute atomic E-state index is 14.1. The van der Waals surface area contributed by atoms with Gasteiger partial charge >= 0.3 is 0 Å². The van der Waals surface area contributed by atoms with Crippen molar-refractivity contribution in [1.82, 2.24) is 24.8 Å². The second-order valence-electron chi connectivity index (χ2n) is 10.2. The number of methoxy groups -OCH3 is 1. The van der Waals surface area contributed by atoms with E-state index in [1.807, 2.05) is 51.9 Å². The van der Waals surface area contributed by atoms with E-state index in [0.717, 1.165) is 42.8 Å². The van der Waals surface area contributed by atoms with Crippen molar-refractivity contribution in [3.8, 4) is 17.0 Å². The second kappa shape index (κ2) is 12.1. The molecule has 38 heavy (non-hydrogen) atoms. The third-order valence-corrected chi connectivity index (χ3v) is 7.70. The first-order chi connectivity index (χ1) is 18.6. The Kier molecular flexibility index (Phi) is 8.36. The van der Waals surface area contributed by atoms with E-state index in [2.05, 4.69) is 10.3 Å². The number of pyridine rings is 1. The number of aromatic nitrogens is 3. The van der Waals surface area contributed by atoms with Crippen LogP contribution in [-0.4, -0.2) is 82.0 Å². The third-order valence-electron chi connectivity index (χ3n) is 7.70. The molecule has 1 aliphatic carbocycles. The molecule has 0 spiro atoms. The van der Waals surface area contributed by atoms with Crippen LogP contribution in [0.25, 0.3) is 11.3 Å². The van der Waals surface area contributed by atoms with Crippen molar-refractivity contribution in [3.05, 3.63) is 66.9 Å². The van der Waals surface area contributed by atoms with Crippen LogP contribution in [0, 0.1) is 0 Å². The fourth-order valence-corrected chi connectivity index (χ4v) is 5.82. The Balaban J connectivity index is 1.43. The van der Waals surface area contributed by atoms with Crippen LogP contribution < -0.4 is 10.1 Å². The van der Waals surface area contributed by atoms with Gasteiger partial charge in [-0.1, -0.05) is 43.2 Å². The number of hydrogen-bond donors (Lipinski definition) is 2. The molecule has 202 valence electrons. The number of rotatable bonds is 9. The van der Waals surface area contributed by atoms with Crippen molar-refractivity contribution in [2.75, 3.05) is 40.0 Å². The van der Waals surface area contributed by atoms with E-state index in [-0.39, 0.29) is 24.6 Å². The molecule has 1 amide bonds. The van der Waals surface area contributed by atoms with Crippen molar-refractivity contribution in [2.45, 2.75) is 49.8 Å². The fourth-order valence-electron chi connectivity index (χ4n) is 5.82. The van der Waals surface area contributed by atoms with Crippen LogP contribution in [0.4, 0.5) is 0 Å². The van der Waals surface area contributed by atoms with Crippen LogP contribution in [0.15, 0.2) is 61.2 Å². The first-order valence-corrected chi connectivity index (χ1v) is 13.5. The average Bonchev–Trinajstić information content (AvgIpc) is 3.39. The molecule has 2 aromatic heterocycles. The second-order valence-corrected chi connectivity index (χ2v) is 10.2. The lowest BCUT2D eigenvalue weighted by Gasteiger charge is -2.41. The zero-order chi connectivity index (χ0) is 26.4. The number of piperazine rings is 1. The van der Waals surface area contributed by atoms with Crippen molar-refractivity contribution < 1.29 is 19.4 Å². The summed E-state index contributed by atoms with van der Waals surface area (Å²) in [6.07, 6.45) is 9.22. The van der Waals surface area contributed by atoms with Gasteiger partial charge in [0.25, 0.3) is 5.91 Å². The molecule has 0 radical (unpaired) electrons. The van der Waals surface area contributed by atoms with Crippen LogP contribution in [0.2, 0.25) is 0 Å². The summed E-state index contributed by atoms with van der Waals surface area (Å²) in [6, 6.07) is 13.4. The average molecular weight is 520 g/mol. The van der Waals surface area contributed by atoms with E-state index in [1.54, 1.807) is 25.8 Å². The maximum Gasteiger partial charge on any atom is 0.275 e. The molecule has 1 saturated heterocycles. The molecule has 2 N–H and O–H groups in total. The highest BCUT2D eigenvalue weighted by Crippen LogP contribution is 2.41. The number of carbonyl (C=O) groups is 1. The van der Waals surface area contributed by atoms with Gasteiger partial charge in [-0.3, -0.25) is 9.78 Å². The molecule has 2 fully saturated rings. The SMILES string of the molecule is COC[C@]1(O)CCCC[C@H]1n1cnc(C(=O)N2CCNC[C@H]2CCOc2cccnc2)c1-c1ccccc1. The van der Waals surface area contributed by atoms with Gasteiger partial charge in [0.1, 0.15) is 11.4 Å². The number of nitrogens with zero attached hydrogens (tertiary/aromatic N) is 4. The normalized spacial score (nSPS) is 23.8. The summed E-state index contributed by atoms with van der Waals surface area (Å²) in [5.74, 6) is 0.622. The largest absolute Gasteiger partial charge is 0.492 e. The summed E-state index contributed by atoms with van der Waals surface area (Å²) in [5, 5.41) is 15.0. The maximum atomic E-state index is 14.1. The van der Waals surface area contributed by atoms with Gasteiger partial charge in [0.2, 0.25) is 0 Å². The van der Waals surface area contributed by atoms with Gasteiger partial charge in [-0.25, -0.2) is 4.98 Å². The molecule has 0 bridgehead atoms. The van der Waals surface area contributed by atoms with Crippen LogP contribution in [-0.2, 0) is 4.74 Å². The number of ether oxygens (including phenoxy) is 2. The highest BCUT2D eigenvalue weighted by Gasteiger charge is 2.42. The molecule has 0 unspecified atom stereocenters. The molecule has 3 atom stereocenters. The molecule has 3 heterocycles. The van der Waals surface area contributed by atoms with E-state index in [1.165, 1.54) is 0 Å². The Morgan fingerprint density at radius 1 is 1.21 bits per heavy atom. The molecule has 5 rings (SSSR count). The summed E-state index contributed by atoms with van der Waals surface area (Å²) >= 11 is 0. The van der Waals surface area contributed by atoms with Crippen LogP contribution in [0.3, 0.4) is 0 Å². The van der Waals surface area contributed by atoms with Gasteiger partial charge in [0.15, 0.2) is 5.69 Å². The molecule has 2 aliphatic rings. The number of benzene rings is 1. The Labute approximate surface area is 223 Å². The monoisotopic (exact) mass is 519 g/mol. The standard InChI is InChI=1S/C29H37N5O4/c1-37-20-29(36)13-6-5-11-25(29)34-21-32-26(27(34)22-8-3-2-4-9-22)28(35)33-16-15-31-18-23(33)12-17-38-24-10-7-14-30-19-24/h2-4,7-10,14,19,21,23,25,31,36H,5-6,11-13,15-18,20H2,1H3/t23-,25-,29-/m1/s1. The number of carbonyl (C=O) groups excluding carboxylic acids is 1. The van der Waals surface area contributed by atoms with Gasteiger partial charge in [0, 0.05) is 51.0 Å². The fraction of sp³-hybridized carbons (Fsp3) is 0.483. The quantitative estimate of drug-likeness (QED) is 0.447. The topological polar surface area (TPSA) is 102 Å². The Hall–Kier alpha value is -3.27. The number of nitrogens with one attached hydrogen (secondary N) is 1. The Morgan fingerprint density at radius 3 is 2.87 bits per heavy atom. The predicted octanol–water partition coefficient (Wildman–Crippen LogP) is 3.32. The smallest absolute Gasteiger partial charge is 0.275 e. The summed E-state index contributed by atoms with van der Waals surface area (Å²) in [4.78, 5) is 24.8. The summed E-state index contributed by atoms with van der Waals surface area (Å²) in [6.45, 7) is 2.73. The van der Waals surface area contributed by atoms with Crippen LogP contribution >= 0.6 is 0 Å². The molecule has 1 aliphatic heterocycles. The third kappa shape index (κ3) is 5.60. The van der Waals surface area contributed by atoms with E-state index in [4.69, 9.17) is 14.5 Å². The van der Waals surface area contributed by atoms with Gasteiger partial charge < -0.3 is 29.4 Å². The van der Waals surface area contributed by atoms with E-state index in [9.17, 15) is 9.90 Å². The van der Waals surface area contributed by atoms with E-state index < -0.39 is 5.60 Å². The molecular formula is C29H37N5O4. The van der Waals surface area contributed by atoms with Crippen LogP contribution in [0.1, 0.15) is 48.6 Å². The molecule has 9 nitrogen and oxygen atoms in total. The van der Waals surface area contributed by atoms with E-state index >= 15 is 0 Å². The van der Waals surface area contributed by atoms with Crippen molar-refractivity contribution in [3.63, 3.8) is 0 Å². The molecule has 9 heteroatoms. The van der Waals surface area contributed by atoms with Gasteiger partial charge in [-0.2, -0.15) is 0 Å². The lowest BCUT2D eigenvalue weighted by atomic mass is 9.80. The first kappa shape index (κ1) is 26.3. The summed E-state index contributed by atoms with van der Waals surface area (Å²) in [7, 11) is 1.62. The highest BCUT2D eigenvalue weighted by atomic mass is 16.5. The lowest BCUT2D eigenvalue weighted by Crippen LogP contribution is -2.54. The number of aliphatic hydroxyl groups is 1. The number of amides is 1. The Morgan fingerprint density at radius 2 is 2.08 bits per heavy atom. The van der Waals surface area contributed by atoms with Crippen molar-refractivity contribution >= 4 is 5.91 Å². The molecule has 1 saturated carbocycles. The molecular weight excluding hydrogens is 482 g/mol. The minimum atomic E-state index is -1.02. The first-order valence-electron chi connectivity index (χ1n) is 13.5. The Bertz CT molecular complexity index is 1180. The number of hydrogen-bond acceptors (Lipinski definition) is 7. The highest BCUT2D eigenvalue weighted by molar-refractivity contribution is 5.98. The number of imidazole rings is 1. The molecule has 3 aromatic rings. The summed E-state index contributed by atoms with van der Waals surface area (Å²) in [5.41, 5.74) is 1.06. The van der Waals surface area contributed by atoms with E-state index in [0.29, 0.717) is 38.2 Å². The van der Waals surface area contributed by atoms with Gasteiger partial charge in [-0.15, -0.1) is 0 Å². The summed E-state index contributed by atoms with van der Waals surface area (Å²) < 4.78 is 13.3. The zero-order valence-corrected chi connectivity index (χ0v) is 22.0. The van der Waals surface area contributed by atoms with Crippen molar-refractivity contribution in [2.24, 2.45) is 0 Å². The lowest BCUT2D eigenvalue weighted by molar-refractivity contribution is -0.0893. The van der Waals surface area contributed by atoms with Gasteiger partial charge in [-0.05, 0) is 25.0 Å². The van der Waals surface area contributed by atoms with Crippen molar-refractivity contribution in [1.29, 1.82) is 0 Å². The van der Waals surface area contributed by atoms with Crippen LogP contribution in [0.5, 0.6) is 5.75 Å². The minimum Gasteiger partial charge on any atom is -0.492 e. The zero-order valence-electron chi connectivity index (χ0n) is 22.0. The van der Waals surface area contributed by atoms with Gasteiger partial charge in [0.05, 0.1) is 37.5 Å². The minimum absolute atomic E-state index is 0.0261. The molecule has 1 aromatic carbocycles. The predicted molar refractivity (Wildman–Crippen MR) is 144 cm³/mol.